The van der Waals surface area contributed by atoms with Crippen molar-refractivity contribution in [2.24, 2.45) is 0 Å². The molecule has 0 saturated carbocycles. The largest absolute Gasteiger partial charge is 0.326 e. The van der Waals surface area contributed by atoms with Crippen LogP contribution in [0, 0.1) is 6.92 Å². The molecule has 1 atom stereocenters. The molecule has 2 amide bonds. The van der Waals surface area contributed by atoms with E-state index >= 15 is 0 Å². The molecule has 1 aliphatic rings. The molecule has 0 radical (unpaired) electrons. The number of halogens is 1. The second kappa shape index (κ2) is 6.85. The normalized spacial score (nSPS) is 15.3. The minimum atomic E-state index is -0.745. The van der Waals surface area contributed by atoms with E-state index in [1.807, 2.05) is 43.3 Å². The van der Waals surface area contributed by atoms with Crippen molar-refractivity contribution >= 4 is 35.1 Å². The molecule has 2 aromatic carbocycles. The number of rotatable bonds is 4. The van der Waals surface area contributed by atoms with Gasteiger partial charge in [0.05, 0.1) is 6.42 Å². The Kier molecular flexibility index (Phi) is 4.37. The van der Waals surface area contributed by atoms with Crippen molar-refractivity contribution < 1.29 is 9.59 Å². The quantitative estimate of drug-likeness (QED) is 0.724. The van der Waals surface area contributed by atoms with Gasteiger partial charge in [0.2, 0.25) is 11.9 Å². The van der Waals surface area contributed by atoms with Gasteiger partial charge in [-0.25, -0.2) is 4.68 Å². The fraction of sp³-hybridized carbons (Fsp3) is 0.158. The maximum Gasteiger partial charge on any atom is 0.252 e. The predicted molar refractivity (Wildman–Crippen MR) is 103 cm³/mol. The molecular formula is C19H16ClN5O2. The first kappa shape index (κ1) is 17.2. The molecule has 2 heterocycles. The van der Waals surface area contributed by atoms with E-state index in [4.69, 9.17) is 11.6 Å². The Bertz CT molecular complexity index is 1030. The van der Waals surface area contributed by atoms with E-state index in [1.165, 1.54) is 4.68 Å². The number of amides is 2. The molecule has 4 rings (SSSR count). The zero-order valence-corrected chi connectivity index (χ0v) is 15.2. The number of aromatic nitrogens is 3. The summed E-state index contributed by atoms with van der Waals surface area (Å²) in [6, 6.07) is 14.0. The van der Waals surface area contributed by atoms with Crippen LogP contribution in [0.1, 0.15) is 18.0 Å². The van der Waals surface area contributed by atoms with Gasteiger partial charge in [-0.3, -0.25) is 14.9 Å². The summed E-state index contributed by atoms with van der Waals surface area (Å²) in [6.07, 6.45) is -0.0537. The molecule has 3 aromatic rings. The molecule has 2 N–H and O–H groups in total. The number of hydrogen-bond acceptors (Lipinski definition) is 4. The Balaban J connectivity index is 1.51. The van der Waals surface area contributed by atoms with Crippen LogP contribution in [0.15, 0.2) is 48.5 Å². The number of hydrogen-bond donors (Lipinski definition) is 2. The van der Waals surface area contributed by atoms with Gasteiger partial charge in [-0.05, 0) is 24.6 Å². The van der Waals surface area contributed by atoms with Crippen LogP contribution in [0.3, 0.4) is 0 Å². The summed E-state index contributed by atoms with van der Waals surface area (Å²) in [5, 5.41) is 10.4. The van der Waals surface area contributed by atoms with Gasteiger partial charge in [-0.2, -0.15) is 4.98 Å². The van der Waals surface area contributed by atoms with Crippen molar-refractivity contribution in [2.75, 3.05) is 10.6 Å². The molecule has 0 bridgehead atoms. The fourth-order valence-corrected chi connectivity index (χ4v) is 3.06. The third kappa shape index (κ3) is 3.41. The second-order valence-electron chi connectivity index (χ2n) is 6.29. The highest BCUT2D eigenvalue weighted by Gasteiger charge is 2.35. The van der Waals surface area contributed by atoms with Gasteiger partial charge in [-0.1, -0.05) is 48.0 Å². The van der Waals surface area contributed by atoms with Gasteiger partial charge in [0, 0.05) is 16.3 Å². The Morgan fingerprint density at radius 3 is 2.78 bits per heavy atom. The zero-order valence-electron chi connectivity index (χ0n) is 14.4. The van der Waals surface area contributed by atoms with Gasteiger partial charge in [0.1, 0.15) is 6.04 Å². The van der Waals surface area contributed by atoms with Crippen molar-refractivity contribution in [1.29, 1.82) is 0 Å². The lowest BCUT2D eigenvalue weighted by Crippen LogP contribution is -2.23. The van der Waals surface area contributed by atoms with E-state index < -0.39 is 6.04 Å². The van der Waals surface area contributed by atoms with Gasteiger partial charge < -0.3 is 5.32 Å². The summed E-state index contributed by atoms with van der Waals surface area (Å²) in [7, 11) is 0. The smallest absolute Gasteiger partial charge is 0.252 e. The number of fused-ring (bicyclic) bond motifs is 1. The average Bonchev–Trinajstić information content (AvgIpc) is 3.18. The highest BCUT2D eigenvalue weighted by Crippen LogP contribution is 2.28. The molecule has 8 heteroatoms. The Hall–Kier alpha value is -3.19. The predicted octanol–water partition coefficient (Wildman–Crippen LogP) is 3.43. The molecule has 7 nitrogen and oxygen atoms in total. The van der Waals surface area contributed by atoms with Crippen molar-refractivity contribution in [1.82, 2.24) is 14.8 Å². The fourth-order valence-electron chi connectivity index (χ4n) is 2.88. The topological polar surface area (TPSA) is 88.9 Å². The van der Waals surface area contributed by atoms with Crippen LogP contribution in [0.25, 0.3) is 11.4 Å². The van der Waals surface area contributed by atoms with Crippen LogP contribution in [0.2, 0.25) is 5.02 Å². The lowest BCUT2D eigenvalue weighted by Gasteiger charge is -2.10. The van der Waals surface area contributed by atoms with Crippen molar-refractivity contribution in [3.8, 4) is 11.4 Å². The monoisotopic (exact) mass is 381 g/mol. The number of aryl methyl sites for hydroxylation is 1. The molecule has 1 aliphatic heterocycles. The summed E-state index contributed by atoms with van der Waals surface area (Å²) < 4.78 is 1.46. The standard InChI is InChI=1S/C19H16ClN5O2/c1-11-7-8-13(9-14(11)20)21-16(26)10-15-18(27)23-19-22-17(24-25(15)19)12-5-3-2-4-6-12/h2-9,15H,10H2,1H3,(H,21,26)(H,22,23,24,27)/t15-/m1/s1. The van der Waals surface area contributed by atoms with Crippen LogP contribution >= 0.6 is 11.6 Å². The second-order valence-corrected chi connectivity index (χ2v) is 6.70. The molecule has 0 aliphatic carbocycles. The summed E-state index contributed by atoms with van der Waals surface area (Å²) in [5.74, 6) is 0.234. The molecular weight excluding hydrogens is 366 g/mol. The molecule has 0 unspecified atom stereocenters. The molecule has 27 heavy (non-hydrogen) atoms. The minimum Gasteiger partial charge on any atom is -0.326 e. The number of nitrogens with one attached hydrogen (secondary N) is 2. The number of carbonyl (C=O) groups excluding carboxylic acids is 2. The number of benzene rings is 2. The van der Waals surface area contributed by atoms with Crippen LogP contribution < -0.4 is 10.6 Å². The van der Waals surface area contributed by atoms with E-state index in [-0.39, 0.29) is 18.2 Å². The highest BCUT2D eigenvalue weighted by atomic mass is 35.5. The van der Waals surface area contributed by atoms with E-state index in [0.717, 1.165) is 11.1 Å². The SMILES string of the molecule is Cc1ccc(NC(=O)C[C@@H]2C(=O)Nc3nc(-c4ccccc4)nn32)cc1Cl. The Morgan fingerprint density at radius 1 is 1.26 bits per heavy atom. The summed E-state index contributed by atoms with van der Waals surface area (Å²) in [4.78, 5) is 29.0. The third-order valence-electron chi connectivity index (χ3n) is 4.33. The van der Waals surface area contributed by atoms with E-state index in [2.05, 4.69) is 20.7 Å². The Labute approximate surface area is 160 Å². The van der Waals surface area contributed by atoms with E-state index in [1.54, 1.807) is 12.1 Å². The van der Waals surface area contributed by atoms with E-state index in [9.17, 15) is 9.59 Å². The number of nitrogens with zero attached hydrogens (tertiary/aromatic N) is 3. The summed E-state index contributed by atoms with van der Waals surface area (Å²) in [6.45, 7) is 1.88. The third-order valence-corrected chi connectivity index (χ3v) is 4.74. The number of carbonyl (C=O) groups is 2. The van der Waals surface area contributed by atoms with Crippen LogP contribution in [-0.4, -0.2) is 26.6 Å². The first-order valence-corrected chi connectivity index (χ1v) is 8.78. The summed E-state index contributed by atoms with van der Waals surface area (Å²) >= 11 is 6.08. The van der Waals surface area contributed by atoms with Gasteiger partial charge >= 0.3 is 0 Å². The van der Waals surface area contributed by atoms with Crippen LogP contribution in [0.5, 0.6) is 0 Å². The molecule has 0 fully saturated rings. The van der Waals surface area contributed by atoms with Crippen molar-refractivity contribution in [3.05, 3.63) is 59.1 Å². The zero-order chi connectivity index (χ0) is 19.0. The minimum absolute atomic E-state index is 0.0537. The van der Waals surface area contributed by atoms with Gasteiger partial charge in [0.15, 0.2) is 5.82 Å². The molecule has 1 aromatic heterocycles. The van der Waals surface area contributed by atoms with Crippen LogP contribution in [-0.2, 0) is 9.59 Å². The first-order valence-electron chi connectivity index (χ1n) is 8.40. The summed E-state index contributed by atoms with van der Waals surface area (Å²) in [5.41, 5.74) is 2.34. The van der Waals surface area contributed by atoms with Crippen LogP contribution in [0.4, 0.5) is 11.6 Å². The van der Waals surface area contributed by atoms with Gasteiger partial charge in [-0.15, -0.1) is 5.10 Å². The maximum atomic E-state index is 12.4. The molecule has 136 valence electrons. The van der Waals surface area contributed by atoms with E-state index in [0.29, 0.717) is 22.5 Å². The lowest BCUT2D eigenvalue weighted by atomic mass is 10.2. The average molecular weight is 382 g/mol. The lowest BCUT2D eigenvalue weighted by molar-refractivity contribution is -0.123. The first-order chi connectivity index (χ1) is 13.0. The molecule has 0 saturated heterocycles. The van der Waals surface area contributed by atoms with Crippen molar-refractivity contribution in [2.45, 2.75) is 19.4 Å². The molecule has 0 spiro atoms. The van der Waals surface area contributed by atoms with Crippen molar-refractivity contribution in [3.63, 3.8) is 0 Å². The maximum absolute atomic E-state index is 12.4. The van der Waals surface area contributed by atoms with Gasteiger partial charge in [0.25, 0.3) is 5.91 Å². The Morgan fingerprint density at radius 2 is 2.04 bits per heavy atom. The number of anilines is 2. The highest BCUT2D eigenvalue weighted by molar-refractivity contribution is 6.31.